The van der Waals surface area contributed by atoms with E-state index in [1.54, 1.807) is 0 Å². The van der Waals surface area contributed by atoms with Crippen LogP contribution in [0.15, 0.2) is 0 Å². The molecule has 1 N–H and O–H groups in total. The average Bonchev–Trinajstić information content (AvgIpc) is 3.15. The number of hydrogen-bond acceptors (Lipinski definition) is 4. The fraction of sp³-hybridized carbons (Fsp3) is 0.842. The van der Waals surface area contributed by atoms with Crippen LogP contribution in [0.5, 0.6) is 0 Å². The lowest BCUT2D eigenvalue weighted by molar-refractivity contribution is -0.186. The zero-order chi connectivity index (χ0) is 20.7. The van der Waals surface area contributed by atoms with Gasteiger partial charge in [-0.2, -0.15) is 13.2 Å². The summed E-state index contributed by atoms with van der Waals surface area (Å²) < 4.78 is 43.2. The van der Waals surface area contributed by atoms with E-state index in [1.165, 1.54) is 0 Å². The van der Waals surface area contributed by atoms with Crippen LogP contribution in [0.2, 0.25) is 0 Å². The molecular weight excluding hydrogens is 377 g/mol. The van der Waals surface area contributed by atoms with Crippen molar-refractivity contribution in [2.24, 2.45) is 11.8 Å². The number of nitrogens with one attached hydrogen (secondary N) is 1. The molecule has 1 atom stereocenters. The SMILES string of the molecule is CCCCOC(=O)C1CCC(CNC(=O)[C@@H]2CCCN2C(=O)C(F)(F)F)CC1. The highest BCUT2D eigenvalue weighted by molar-refractivity contribution is 5.90. The number of amides is 2. The summed E-state index contributed by atoms with van der Waals surface area (Å²) in [6.07, 6.45) is 0.353. The number of unbranched alkanes of at least 4 members (excludes halogenated alkanes) is 1. The van der Waals surface area contributed by atoms with Crippen molar-refractivity contribution in [1.82, 2.24) is 10.2 Å². The summed E-state index contributed by atoms with van der Waals surface area (Å²) in [5.41, 5.74) is 0. The molecule has 2 rings (SSSR count). The molecule has 9 heteroatoms. The van der Waals surface area contributed by atoms with Crippen LogP contribution in [0, 0.1) is 11.8 Å². The Bertz CT molecular complexity index is 560. The zero-order valence-corrected chi connectivity index (χ0v) is 16.2. The molecule has 6 nitrogen and oxygen atoms in total. The smallest absolute Gasteiger partial charge is 0.465 e. The molecule has 0 spiro atoms. The molecule has 2 amide bonds. The third-order valence-electron chi connectivity index (χ3n) is 5.55. The van der Waals surface area contributed by atoms with Crippen molar-refractivity contribution in [1.29, 1.82) is 0 Å². The Kier molecular flexibility index (Phi) is 8.12. The first-order valence-corrected chi connectivity index (χ1v) is 10.1. The van der Waals surface area contributed by atoms with Gasteiger partial charge in [-0.25, -0.2) is 0 Å². The number of halogens is 3. The second-order valence-electron chi connectivity index (χ2n) is 7.64. The van der Waals surface area contributed by atoms with Gasteiger partial charge in [0.15, 0.2) is 0 Å². The standard InChI is InChI=1S/C19H29F3N2O4/c1-2-3-11-28-17(26)14-8-6-13(7-9-14)12-23-16(25)15-5-4-10-24(15)18(27)19(20,21)22/h13-15H,2-12H2,1H3,(H,23,25)/t13?,14?,15-/m0/s1. The van der Waals surface area contributed by atoms with Gasteiger partial charge in [0, 0.05) is 13.1 Å². The van der Waals surface area contributed by atoms with E-state index in [0.717, 1.165) is 25.7 Å². The van der Waals surface area contributed by atoms with Gasteiger partial charge in [0.2, 0.25) is 5.91 Å². The van der Waals surface area contributed by atoms with Crippen molar-refractivity contribution < 1.29 is 32.3 Å². The molecule has 0 aromatic carbocycles. The normalized spacial score (nSPS) is 25.4. The molecular formula is C19H29F3N2O4. The average molecular weight is 406 g/mol. The predicted octanol–water partition coefficient (Wildman–Crippen LogP) is 2.81. The Morgan fingerprint density at radius 2 is 1.79 bits per heavy atom. The third-order valence-corrected chi connectivity index (χ3v) is 5.55. The monoisotopic (exact) mass is 406 g/mol. The highest BCUT2D eigenvalue weighted by atomic mass is 19.4. The summed E-state index contributed by atoms with van der Waals surface area (Å²) in [7, 11) is 0. The zero-order valence-electron chi connectivity index (χ0n) is 16.2. The van der Waals surface area contributed by atoms with E-state index in [9.17, 15) is 27.6 Å². The lowest BCUT2D eigenvalue weighted by atomic mass is 9.82. The number of likely N-dealkylation sites (tertiary alicyclic amines) is 1. The maximum atomic E-state index is 12.7. The molecule has 0 bridgehead atoms. The largest absolute Gasteiger partial charge is 0.471 e. The van der Waals surface area contributed by atoms with Crippen molar-refractivity contribution >= 4 is 17.8 Å². The fourth-order valence-electron chi connectivity index (χ4n) is 3.85. The van der Waals surface area contributed by atoms with Gasteiger partial charge in [0.25, 0.3) is 0 Å². The van der Waals surface area contributed by atoms with Gasteiger partial charge in [-0.15, -0.1) is 0 Å². The summed E-state index contributed by atoms with van der Waals surface area (Å²) in [5.74, 6) is -2.58. The first-order valence-electron chi connectivity index (χ1n) is 10.1. The van der Waals surface area contributed by atoms with Crippen molar-refractivity contribution in [2.45, 2.75) is 70.5 Å². The van der Waals surface area contributed by atoms with Gasteiger partial charge in [-0.05, 0) is 50.9 Å². The molecule has 28 heavy (non-hydrogen) atoms. The van der Waals surface area contributed by atoms with Gasteiger partial charge in [0.1, 0.15) is 6.04 Å². The van der Waals surface area contributed by atoms with Crippen LogP contribution in [0.4, 0.5) is 13.2 Å². The highest BCUT2D eigenvalue weighted by Crippen LogP contribution is 2.30. The van der Waals surface area contributed by atoms with E-state index in [0.29, 0.717) is 37.3 Å². The number of esters is 1. The topological polar surface area (TPSA) is 75.7 Å². The second-order valence-corrected chi connectivity index (χ2v) is 7.64. The first-order chi connectivity index (χ1) is 13.2. The predicted molar refractivity (Wildman–Crippen MR) is 95.1 cm³/mol. The van der Waals surface area contributed by atoms with Crippen LogP contribution in [-0.2, 0) is 19.1 Å². The minimum atomic E-state index is -4.97. The van der Waals surface area contributed by atoms with Crippen LogP contribution < -0.4 is 5.32 Å². The Labute approximate surface area is 163 Å². The number of alkyl halides is 3. The van der Waals surface area contributed by atoms with Gasteiger partial charge in [-0.3, -0.25) is 14.4 Å². The molecule has 1 heterocycles. The second kappa shape index (κ2) is 10.1. The molecule has 2 fully saturated rings. The summed E-state index contributed by atoms with van der Waals surface area (Å²) in [6.45, 7) is 2.76. The molecule has 2 aliphatic rings. The maximum absolute atomic E-state index is 12.7. The molecule has 0 radical (unpaired) electrons. The Morgan fingerprint density at radius 1 is 1.11 bits per heavy atom. The van der Waals surface area contributed by atoms with Crippen molar-refractivity contribution in [3.63, 3.8) is 0 Å². The quantitative estimate of drug-likeness (QED) is 0.521. The van der Waals surface area contributed by atoms with Crippen molar-refractivity contribution in [2.75, 3.05) is 19.7 Å². The minimum absolute atomic E-state index is 0.0539. The summed E-state index contributed by atoms with van der Waals surface area (Å²) in [4.78, 5) is 36.4. The Morgan fingerprint density at radius 3 is 2.39 bits per heavy atom. The van der Waals surface area contributed by atoms with E-state index in [4.69, 9.17) is 4.74 Å². The Balaban J connectivity index is 1.74. The number of carbonyl (C=O) groups excluding carboxylic acids is 3. The number of nitrogens with zero attached hydrogens (tertiary/aromatic N) is 1. The van der Waals surface area contributed by atoms with Crippen LogP contribution in [0.1, 0.15) is 58.3 Å². The third kappa shape index (κ3) is 6.10. The van der Waals surface area contributed by atoms with Crippen LogP contribution in [0.25, 0.3) is 0 Å². The summed E-state index contributed by atoms with van der Waals surface area (Å²) >= 11 is 0. The lowest BCUT2D eigenvalue weighted by Gasteiger charge is -2.29. The molecule has 0 unspecified atom stereocenters. The van der Waals surface area contributed by atoms with Crippen LogP contribution in [0.3, 0.4) is 0 Å². The number of ether oxygens (including phenoxy) is 1. The van der Waals surface area contributed by atoms with Gasteiger partial charge < -0.3 is 15.0 Å². The van der Waals surface area contributed by atoms with E-state index in [-0.39, 0.29) is 30.8 Å². The Hall–Kier alpha value is -1.80. The maximum Gasteiger partial charge on any atom is 0.471 e. The lowest BCUT2D eigenvalue weighted by Crippen LogP contribution is -2.50. The fourth-order valence-corrected chi connectivity index (χ4v) is 3.85. The van der Waals surface area contributed by atoms with E-state index in [1.807, 2.05) is 6.92 Å². The number of carbonyl (C=O) groups is 3. The van der Waals surface area contributed by atoms with Crippen LogP contribution >= 0.6 is 0 Å². The van der Waals surface area contributed by atoms with Crippen LogP contribution in [-0.4, -0.2) is 54.6 Å². The number of rotatable bonds is 7. The van der Waals surface area contributed by atoms with E-state index in [2.05, 4.69) is 5.32 Å². The molecule has 160 valence electrons. The number of hydrogen-bond donors (Lipinski definition) is 1. The minimum Gasteiger partial charge on any atom is -0.465 e. The highest BCUT2D eigenvalue weighted by Gasteiger charge is 2.47. The van der Waals surface area contributed by atoms with Gasteiger partial charge in [0.05, 0.1) is 12.5 Å². The van der Waals surface area contributed by atoms with E-state index >= 15 is 0 Å². The van der Waals surface area contributed by atoms with Crippen molar-refractivity contribution in [3.05, 3.63) is 0 Å². The summed E-state index contributed by atoms with van der Waals surface area (Å²) in [6, 6.07) is -1.06. The first kappa shape index (κ1) is 22.5. The molecule has 1 aliphatic heterocycles. The van der Waals surface area contributed by atoms with Gasteiger partial charge in [-0.1, -0.05) is 13.3 Å². The molecule has 0 aromatic heterocycles. The van der Waals surface area contributed by atoms with E-state index < -0.39 is 24.0 Å². The van der Waals surface area contributed by atoms with Gasteiger partial charge >= 0.3 is 18.1 Å². The molecule has 1 saturated carbocycles. The van der Waals surface area contributed by atoms with Crippen molar-refractivity contribution in [3.8, 4) is 0 Å². The molecule has 0 aromatic rings. The summed E-state index contributed by atoms with van der Waals surface area (Å²) in [5, 5.41) is 2.70. The molecule has 1 aliphatic carbocycles. The molecule has 1 saturated heterocycles.